The van der Waals surface area contributed by atoms with Gasteiger partial charge in [0.25, 0.3) is 0 Å². The first-order valence-corrected chi connectivity index (χ1v) is 5.62. The predicted octanol–water partition coefficient (Wildman–Crippen LogP) is 1.94. The fraction of sp³-hybridized carbons (Fsp3) is 0.273. The summed E-state index contributed by atoms with van der Waals surface area (Å²) in [6.45, 7) is 0. The maximum Gasteiger partial charge on any atom is 0.238 e. The van der Waals surface area contributed by atoms with Crippen molar-refractivity contribution >= 4 is 29.0 Å². The molecule has 18 heavy (non-hydrogen) atoms. The van der Waals surface area contributed by atoms with Crippen molar-refractivity contribution < 1.29 is 14.4 Å². The summed E-state index contributed by atoms with van der Waals surface area (Å²) in [7, 11) is 0. The van der Waals surface area contributed by atoms with E-state index in [1.807, 2.05) is 0 Å². The van der Waals surface area contributed by atoms with E-state index in [2.05, 4.69) is 10.5 Å². The predicted molar refractivity (Wildman–Crippen MR) is 65.1 cm³/mol. The Labute approximate surface area is 107 Å². The largest absolute Gasteiger partial charge is 0.409 e. The molecule has 1 aliphatic carbocycles. The Morgan fingerprint density at radius 2 is 2.22 bits per heavy atom. The molecule has 4 N–H and O–H groups in total. The number of carbonyl (C=O) groups is 1. The number of carbonyl (C=O) groups excluding carboxylic acids is 1. The van der Waals surface area contributed by atoms with Gasteiger partial charge in [-0.3, -0.25) is 4.79 Å². The molecule has 0 spiro atoms. The third kappa shape index (κ3) is 2.11. The zero-order valence-corrected chi connectivity index (χ0v) is 10.0. The summed E-state index contributed by atoms with van der Waals surface area (Å²) in [4.78, 5) is 12.0. The van der Waals surface area contributed by atoms with Crippen LogP contribution in [0.15, 0.2) is 23.4 Å². The van der Waals surface area contributed by atoms with Crippen LogP contribution in [0.4, 0.5) is 10.1 Å². The van der Waals surface area contributed by atoms with Gasteiger partial charge in [0.2, 0.25) is 5.91 Å². The number of hydrogen-bond donors (Lipinski definition) is 3. The first kappa shape index (κ1) is 12.6. The maximum absolute atomic E-state index is 13.4. The van der Waals surface area contributed by atoms with E-state index in [0.29, 0.717) is 17.9 Å². The second-order valence-electron chi connectivity index (χ2n) is 4.15. The number of nitrogens with one attached hydrogen (secondary N) is 1. The van der Waals surface area contributed by atoms with E-state index in [9.17, 15) is 9.18 Å². The number of oxime groups is 1. The molecule has 0 atom stereocenters. The van der Waals surface area contributed by atoms with E-state index in [1.54, 1.807) is 0 Å². The number of hydrogen-bond acceptors (Lipinski definition) is 3. The lowest BCUT2D eigenvalue weighted by Crippen LogP contribution is -2.36. The van der Waals surface area contributed by atoms with Crippen LogP contribution in [0.3, 0.4) is 0 Å². The average Bonchev–Trinajstić information content (AvgIpc) is 3.14. The van der Waals surface area contributed by atoms with Crippen LogP contribution in [-0.2, 0) is 4.79 Å². The lowest BCUT2D eigenvalue weighted by Gasteiger charge is -2.14. The Hall–Kier alpha value is -1.82. The van der Waals surface area contributed by atoms with Gasteiger partial charge in [-0.15, -0.1) is 0 Å². The summed E-state index contributed by atoms with van der Waals surface area (Å²) < 4.78 is 13.4. The van der Waals surface area contributed by atoms with Crippen LogP contribution in [0.25, 0.3) is 0 Å². The summed E-state index contributed by atoms with van der Waals surface area (Å²) in [6.07, 6.45) is 0.938. The molecule has 0 aliphatic heterocycles. The zero-order valence-electron chi connectivity index (χ0n) is 9.28. The highest BCUT2D eigenvalue weighted by Crippen LogP contribution is 2.46. The van der Waals surface area contributed by atoms with Crippen molar-refractivity contribution in [1.82, 2.24) is 0 Å². The van der Waals surface area contributed by atoms with E-state index in [4.69, 9.17) is 22.5 Å². The van der Waals surface area contributed by atoms with Crippen molar-refractivity contribution in [1.29, 1.82) is 0 Å². The molecule has 2 rings (SSSR count). The number of nitrogens with zero attached hydrogens (tertiary/aromatic N) is 1. The molecule has 7 heteroatoms. The van der Waals surface area contributed by atoms with E-state index < -0.39 is 17.1 Å². The fourth-order valence-corrected chi connectivity index (χ4v) is 1.83. The molecule has 1 saturated carbocycles. The number of rotatable bonds is 3. The quantitative estimate of drug-likeness (QED) is 0.340. The number of benzene rings is 1. The SMILES string of the molecule is N/C(=N/O)C1(C(=O)Nc2cc(Cl)ccc2F)CC1. The van der Waals surface area contributed by atoms with Crippen molar-refractivity contribution in [3.05, 3.63) is 29.0 Å². The van der Waals surface area contributed by atoms with Crippen LogP contribution in [0, 0.1) is 11.2 Å². The summed E-state index contributed by atoms with van der Waals surface area (Å²) >= 11 is 5.71. The Morgan fingerprint density at radius 1 is 1.56 bits per heavy atom. The topological polar surface area (TPSA) is 87.7 Å². The normalized spacial score (nSPS) is 17.3. The standard InChI is InChI=1S/C11H11ClFN3O2/c12-6-1-2-7(13)8(5-6)15-10(17)11(3-4-11)9(14)16-18/h1-2,5,18H,3-4H2,(H2,14,16)(H,15,17). The zero-order chi connectivity index (χ0) is 13.3. The molecule has 1 fully saturated rings. The van der Waals surface area contributed by atoms with Crippen LogP contribution in [0.5, 0.6) is 0 Å². The lowest BCUT2D eigenvalue weighted by atomic mass is 10.1. The number of anilines is 1. The van der Waals surface area contributed by atoms with E-state index in [-0.39, 0.29) is 11.5 Å². The first-order chi connectivity index (χ1) is 8.49. The molecule has 0 aromatic heterocycles. The molecule has 1 aliphatic rings. The Morgan fingerprint density at radius 3 is 2.78 bits per heavy atom. The molecular formula is C11H11ClFN3O2. The molecule has 96 valence electrons. The van der Waals surface area contributed by atoms with Crippen molar-refractivity contribution in [2.24, 2.45) is 16.3 Å². The van der Waals surface area contributed by atoms with Gasteiger partial charge >= 0.3 is 0 Å². The number of amides is 1. The van der Waals surface area contributed by atoms with Gasteiger partial charge in [0.1, 0.15) is 11.2 Å². The van der Waals surface area contributed by atoms with Crippen LogP contribution in [-0.4, -0.2) is 17.0 Å². The van der Waals surface area contributed by atoms with E-state index in [0.717, 1.165) is 6.07 Å². The maximum atomic E-state index is 13.4. The minimum atomic E-state index is -1.02. The highest BCUT2D eigenvalue weighted by atomic mass is 35.5. The van der Waals surface area contributed by atoms with Crippen LogP contribution >= 0.6 is 11.6 Å². The molecule has 5 nitrogen and oxygen atoms in total. The monoisotopic (exact) mass is 271 g/mol. The highest BCUT2D eigenvalue weighted by Gasteiger charge is 2.54. The second kappa shape index (κ2) is 4.45. The molecular weight excluding hydrogens is 261 g/mol. The summed E-state index contributed by atoms with van der Waals surface area (Å²) in [5, 5.41) is 14.2. The third-order valence-electron chi connectivity index (χ3n) is 2.96. The Balaban J connectivity index is 2.20. The smallest absolute Gasteiger partial charge is 0.238 e. The summed E-state index contributed by atoms with van der Waals surface area (Å²) in [5.41, 5.74) is 4.41. The van der Waals surface area contributed by atoms with Gasteiger partial charge in [0, 0.05) is 5.02 Å². The Kier molecular flexibility index (Phi) is 3.13. The Bertz CT molecular complexity index is 529. The molecule has 1 aromatic carbocycles. The molecule has 0 unspecified atom stereocenters. The molecule has 0 saturated heterocycles. The van der Waals surface area contributed by atoms with Gasteiger partial charge in [0.05, 0.1) is 5.69 Å². The average molecular weight is 272 g/mol. The van der Waals surface area contributed by atoms with Gasteiger partial charge in [0.15, 0.2) is 5.84 Å². The molecule has 0 heterocycles. The van der Waals surface area contributed by atoms with Gasteiger partial charge < -0.3 is 16.3 Å². The number of nitrogens with two attached hydrogens (primary N) is 1. The lowest BCUT2D eigenvalue weighted by molar-refractivity contribution is -0.119. The van der Waals surface area contributed by atoms with Gasteiger partial charge in [-0.25, -0.2) is 4.39 Å². The van der Waals surface area contributed by atoms with Crippen molar-refractivity contribution in [3.63, 3.8) is 0 Å². The third-order valence-corrected chi connectivity index (χ3v) is 3.19. The van der Waals surface area contributed by atoms with Crippen LogP contribution in [0.2, 0.25) is 5.02 Å². The molecule has 1 amide bonds. The summed E-state index contributed by atoms with van der Waals surface area (Å²) in [6, 6.07) is 3.83. The van der Waals surface area contributed by atoms with Gasteiger partial charge in [-0.05, 0) is 31.0 Å². The van der Waals surface area contributed by atoms with E-state index >= 15 is 0 Å². The van der Waals surface area contributed by atoms with Crippen LogP contribution in [0.1, 0.15) is 12.8 Å². The van der Waals surface area contributed by atoms with Crippen LogP contribution < -0.4 is 11.1 Å². The minimum Gasteiger partial charge on any atom is -0.409 e. The summed E-state index contributed by atoms with van der Waals surface area (Å²) in [5.74, 6) is -1.26. The van der Waals surface area contributed by atoms with Gasteiger partial charge in [-0.2, -0.15) is 0 Å². The molecule has 0 bridgehead atoms. The van der Waals surface area contributed by atoms with E-state index in [1.165, 1.54) is 12.1 Å². The van der Waals surface area contributed by atoms with Crippen molar-refractivity contribution in [3.8, 4) is 0 Å². The van der Waals surface area contributed by atoms with Crippen molar-refractivity contribution in [2.75, 3.05) is 5.32 Å². The second-order valence-corrected chi connectivity index (χ2v) is 4.58. The number of amidine groups is 1. The first-order valence-electron chi connectivity index (χ1n) is 5.24. The fourth-order valence-electron chi connectivity index (χ4n) is 1.66. The molecule has 1 aromatic rings. The number of halogens is 2. The molecule has 0 radical (unpaired) electrons. The van der Waals surface area contributed by atoms with Crippen molar-refractivity contribution in [2.45, 2.75) is 12.8 Å². The van der Waals surface area contributed by atoms with Gasteiger partial charge in [-0.1, -0.05) is 16.8 Å². The minimum absolute atomic E-state index is 0.0236. The highest BCUT2D eigenvalue weighted by molar-refractivity contribution is 6.31.